The summed E-state index contributed by atoms with van der Waals surface area (Å²) >= 11 is 0. The first-order chi connectivity index (χ1) is 8.28. The summed E-state index contributed by atoms with van der Waals surface area (Å²) in [6.45, 7) is 2.58. The molecule has 0 aliphatic rings. The van der Waals surface area contributed by atoms with Crippen molar-refractivity contribution in [3.63, 3.8) is 0 Å². The molecule has 104 valence electrons. The van der Waals surface area contributed by atoms with E-state index in [0.717, 1.165) is 5.69 Å². The standard InChI is InChI=1S/C11H18F3N3O/c1-8(2)17-4-3-10(16-17)5-9(15)6-18-7-11(12,13)14/h3-4,8-9H,5-7,15H2,1-2H3. The predicted octanol–water partition coefficient (Wildman–Crippen LogP) is 1.91. The monoisotopic (exact) mass is 265 g/mol. The number of nitrogens with two attached hydrogens (primary N) is 1. The first kappa shape index (κ1) is 15.0. The Morgan fingerprint density at radius 2 is 2.11 bits per heavy atom. The molecule has 0 bridgehead atoms. The average Bonchev–Trinajstić information content (AvgIpc) is 2.64. The van der Waals surface area contributed by atoms with E-state index in [4.69, 9.17) is 5.73 Å². The Morgan fingerprint density at radius 3 is 2.61 bits per heavy atom. The molecule has 1 atom stereocenters. The van der Waals surface area contributed by atoms with Gasteiger partial charge >= 0.3 is 6.18 Å². The highest BCUT2D eigenvalue weighted by molar-refractivity contribution is 5.01. The molecular weight excluding hydrogens is 247 g/mol. The first-order valence-electron chi connectivity index (χ1n) is 5.72. The fourth-order valence-corrected chi connectivity index (χ4v) is 1.43. The molecule has 0 aliphatic carbocycles. The smallest absolute Gasteiger partial charge is 0.370 e. The van der Waals surface area contributed by atoms with Crippen molar-refractivity contribution < 1.29 is 17.9 Å². The summed E-state index contributed by atoms with van der Waals surface area (Å²) in [5.74, 6) is 0. The van der Waals surface area contributed by atoms with Crippen molar-refractivity contribution in [1.82, 2.24) is 9.78 Å². The molecule has 0 radical (unpaired) electrons. The number of hydrogen-bond donors (Lipinski definition) is 1. The lowest BCUT2D eigenvalue weighted by molar-refractivity contribution is -0.174. The molecule has 1 unspecified atom stereocenters. The van der Waals surface area contributed by atoms with Crippen LogP contribution in [0.4, 0.5) is 13.2 Å². The van der Waals surface area contributed by atoms with Gasteiger partial charge in [0.2, 0.25) is 0 Å². The molecule has 0 aliphatic heterocycles. The molecule has 18 heavy (non-hydrogen) atoms. The van der Waals surface area contributed by atoms with Crippen LogP contribution in [0.1, 0.15) is 25.6 Å². The minimum absolute atomic E-state index is 0.131. The van der Waals surface area contributed by atoms with Crippen LogP contribution in [0.25, 0.3) is 0 Å². The van der Waals surface area contributed by atoms with E-state index in [1.54, 1.807) is 4.68 Å². The molecule has 1 aromatic heterocycles. The van der Waals surface area contributed by atoms with Gasteiger partial charge in [0.15, 0.2) is 0 Å². The van der Waals surface area contributed by atoms with Crippen LogP contribution in [-0.2, 0) is 11.2 Å². The van der Waals surface area contributed by atoms with E-state index in [1.165, 1.54) is 0 Å². The van der Waals surface area contributed by atoms with Crippen molar-refractivity contribution >= 4 is 0 Å². The second-order valence-corrected chi connectivity index (χ2v) is 4.48. The highest BCUT2D eigenvalue weighted by atomic mass is 19.4. The summed E-state index contributed by atoms with van der Waals surface area (Å²) in [4.78, 5) is 0. The summed E-state index contributed by atoms with van der Waals surface area (Å²) in [7, 11) is 0. The third-order valence-corrected chi connectivity index (χ3v) is 2.26. The summed E-state index contributed by atoms with van der Waals surface area (Å²) < 4.78 is 41.8. The van der Waals surface area contributed by atoms with Gasteiger partial charge in [-0.2, -0.15) is 18.3 Å². The quantitative estimate of drug-likeness (QED) is 0.855. The minimum Gasteiger partial charge on any atom is -0.370 e. The van der Waals surface area contributed by atoms with Gasteiger partial charge in [-0.25, -0.2) is 0 Å². The zero-order chi connectivity index (χ0) is 13.8. The largest absolute Gasteiger partial charge is 0.411 e. The lowest BCUT2D eigenvalue weighted by atomic mass is 10.2. The van der Waals surface area contributed by atoms with Crippen LogP contribution in [0, 0.1) is 0 Å². The highest BCUT2D eigenvalue weighted by Crippen LogP contribution is 2.14. The third kappa shape index (κ3) is 5.50. The van der Waals surface area contributed by atoms with Gasteiger partial charge in [-0.3, -0.25) is 4.68 Å². The SMILES string of the molecule is CC(C)n1ccc(CC(N)COCC(F)(F)F)n1. The topological polar surface area (TPSA) is 53.1 Å². The molecule has 0 saturated heterocycles. The summed E-state index contributed by atoms with van der Waals surface area (Å²) in [6.07, 6.45) is -2.08. The van der Waals surface area contributed by atoms with E-state index in [2.05, 4.69) is 9.84 Å². The number of aromatic nitrogens is 2. The van der Waals surface area contributed by atoms with E-state index in [1.807, 2.05) is 26.1 Å². The molecule has 1 aromatic rings. The Labute approximate surface area is 104 Å². The number of hydrogen-bond acceptors (Lipinski definition) is 3. The van der Waals surface area contributed by atoms with Crippen molar-refractivity contribution in [3.8, 4) is 0 Å². The predicted molar refractivity (Wildman–Crippen MR) is 61.2 cm³/mol. The molecular formula is C11H18F3N3O. The van der Waals surface area contributed by atoms with Crippen molar-refractivity contribution in [1.29, 1.82) is 0 Å². The minimum atomic E-state index is -4.31. The summed E-state index contributed by atoms with van der Waals surface area (Å²) in [5.41, 5.74) is 6.44. The van der Waals surface area contributed by atoms with Crippen LogP contribution < -0.4 is 5.73 Å². The molecule has 1 heterocycles. The highest BCUT2D eigenvalue weighted by Gasteiger charge is 2.27. The second-order valence-electron chi connectivity index (χ2n) is 4.48. The molecule has 7 heteroatoms. The van der Waals surface area contributed by atoms with Gasteiger partial charge in [0.25, 0.3) is 0 Å². The number of alkyl halides is 3. The zero-order valence-corrected chi connectivity index (χ0v) is 10.4. The van der Waals surface area contributed by atoms with Crippen molar-refractivity contribution in [2.45, 2.75) is 38.5 Å². The van der Waals surface area contributed by atoms with Crippen LogP contribution in [-0.4, -0.2) is 35.2 Å². The van der Waals surface area contributed by atoms with E-state index >= 15 is 0 Å². The number of ether oxygens (including phenoxy) is 1. The number of halogens is 3. The maximum Gasteiger partial charge on any atom is 0.411 e. The fourth-order valence-electron chi connectivity index (χ4n) is 1.43. The van der Waals surface area contributed by atoms with Crippen LogP contribution in [0.5, 0.6) is 0 Å². The Kier molecular flexibility index (Phi) is 5.15. The Hall–Kier alpha value is -1.08. The summed E-state index contributed by atoms with van der Waals surface area (Å²) in [5, 5.41) is 4.27. The van der Waals surface area contributed by atoms with Crippen LogP contribution in [0.15, 0.2) is 12.3 Å². The maximum atomic E-state index is 11.8. The fraction of sp³-hybridized carbons (Fsp3) is 0.727. The molecule has 0 spiro atoms. The van der Waals surface area contributed by atoms with Crippen molar-refractivity contribution in [2.24, 2.45) is 5.73 Å². The lowest BCUT2D eigenvalue weighted by Crippen LogP contribution is -2.31. The Balaban J connectivity index is 2.33. The van der Waals surface area contributed by atoms with Crippen LogP contribution in [0.2, 0.25) is 0 Å². The van der Waals surface area contributed by atoms with Gasteiger partial charge in [0, 0.05) is 24.7 Å². The molecule has 4 nitrogen and oxygen atoms in total. The van der Waals surface area contributed by atoms with Crippen molar-refractivity contribution in [3.05, 3.63) is 18.0 Å². The van der Waals surface area contributed by atoms with Gasteiger partial charge in [0.1, 0.15) is 6.61 Å². The van der Waals surface area contributed by atoms with Crippen LogP contribution >= 0.6 is 0 Å². The molecule has 0 amide bonds. The number of rotatable bonds is 6. The normalized spacial score (nSPS) is 14.2. The van der Waals surface area contributed by atoms with Crippen molar-refractivity contribution in [2.75, 3.05) is 13.2 Å². The van der Waals surface area contributed by atoms with Crippen LogP contribution in [0.3, 0.4) is 0 Å². The van der Waals surface area contributed by atoms with E-state index in [9.17, 15) is 13.2 Å². The number of nitrogens with zero attached hydrogens (tertiary/aromatic N) is 2. The molecule has 1 rings (SSSR count). The van der Waals surface area contributed by atoms with E-state index < -0.39 is 18.8 Å². The molecule has 2 N–H and O–H groups in total. The van der Waals surface area contributed by atoms with E-state index in [0.29, 0.717) is 6.42 Å². The maximum absolute atomic E-state index is 11.8. The lowest BCUT2D eigenvalue weighted by Gasteiger charge is -2.12. The molecule has 0 fully saturated rings. The molecule has 0 aromatic carbocycles. The average molecular weight is 265 g/mol. The van der Waals surface area contributed by atoms with Gasteiger partial charge in [-0.1, -0.05) is 0 Å². The zero-order valence-electron chi connectivity index (χ0n) is 10.4. The van der Waals surface area contributed by atoms with Gasteiger partial charge in [-0.05, 0) is 19.9 Å². The molecule has 0 saturated carbocycles. The Bertz CT molecular complexity index is 363. The second kappa shape index (κ2) is 6.19. The van der Waals surface area contributed by atoms with Gasteiger partial charge in [-0.15, -0.1) is 0 Å². The van der Waals surface area contributed by atoms with E-state index in [-0.39, 0.29) is 12.6 Å². The Morgan fingerprint density at radius 1 is 1.44 bits per heavy atom. The van der Waals surface area contributed by atoms with Gasteiger partial charge in [0.05, 0.1) is 12.3 Å². The summed E-state index contributed by atoms with van der Waals surface area (Å²) in [6, 6.07) is 1.57. The first-order valence-corrected chi connectivity index (χ1v) is 5.72. The third-order valence-electron chi connectivity index (χ3n) is 2.26. The van der Waals surface area contributed by atoms with Gasteiger partial charge < -0.3 is 10.5 Å².